The van der Waals surface area contributed by atoms with E-state index in [0.717, 1.165) is 0 Å². The fourth-order valence-electron chi connectivity index (χ4n) is 12.3. The maximum atomic E-state index is 15.3. The summed E-state index contributed by atoms with van der Waals surface area (Å²) in [5, 5.41) is 25.1. The summed E-state index contributed by atoms with van der Waals surface area (Å²) < 4.78 is 53.6. The van der Waals surface area contributed by atoms with E-state index in [1.54, 1.807) is 39.2 Å². The van der Waals surface area contributed by atoms with Crippen LogP contribution in [0.15, 0.2) is 24.9 Å². The number of carbonyl (C=O) groups is 4. The van der Waals surface area contributed by atoms with Crippen molar-refractivity contribution >= 4 is 81.1 Å². The number of carbonyl (C=O) groups excluding carboxylic acids is 4. The van der Waals surface area contributed by atoms with Crippen LogP contribution in [-0.2, 0) is 58.8 Å². The fourth-order valence-corrected chi connectivity index (χ4v) is 14.2. The average Bonchev–Trinajstić information content (AvgIpc) is 3.93. The first kappa shape index (κ1) is 61.8. The summed E-state index contributed by atoms with van der Waals surface area (Å²) in [5.41, 5.74) is 3.27. The number of aryl methyl sites for hydroxylation is 1. The van der Waals surface area contributed by atoms with Crippen LogP contribution in [-0.4, -0.2) is 176 Å². The van der Waals surface area contributed by atoms with E-state index in [9.17, 15) is 19.8 Å². The number of nitrogen functional groups attached to an aromatic ring is 1. The highest BCUT2D eigenvalue weighted by Gasteiger charge is 2.62. The Morgan fingerprint density at radius 3 is 2.23 bits per heavy atom. The number of amides is 1. The van der Waals surface area contributed by atoms with Gasteiger partial charge in [-0.1, -0.05) is 50.9 Å². The number of anilines is 2. The van der Waals surface area contributed by atoms with Gasteiger partial charge in [0.1, 0.15) is 34.9 Å². The van der Waals surface area contributed by atoms with Crippen molar-refractivity contribution in [3.63, 3.8) is 0 Å². The number of hydrogen-bond donors (Lipinski definition) is 4. The number of aliphatic hydroxyl groups excluding tert-OH is 2. The Bertz CT molecular complexity index is 2640. The van der Waals surface area contributed by atoms with Crippen LogP contribution in [0.1, 0.15) is 105 Å². The van der Waals surface area contributed by atoms with Gasteiger partial charge in [0, 0.05) is 81.2 Å². The second-order valence-corrected chi connectivity index (χ2v) is 24.6. The first-order valence-corrected chi connectivity index (χ1v) is 28.5. The van der Waals surface area contributed by atoms with Crippen molar-refractivity contribution in [2.45, 2.75) is 185 Å². The van der Waals surface area contributed by atoms with Gasteiger partial charge in [0.2, 0.25) is 0 Å². The number of cyclic esters (lactones) is 1. The molecule has 19 atom stereocenters. The molecule has 24 heteroatoms. The number of methoxy groups -OCH3 is 2. The number of nitrogens with two attached hydrogens (primary N) is 1. The van der Waals surface area contributed by atoms with Crippen molar-refractivity contribution in [2.75, 3.05) is 45.1 Å². The van der Waals surface area contributed by atoms with Gasteiger partial charge in [0.15, 0.2) is 24.0 Å². The van der Waals surface area contributed by atoms with Gasteiger partial charge in [-0.15, -0.1) is 11.8 Å². The Morgan fingerprint density at radius 2 is 1.60 bits per heavy atom. The third-order valence-corrected chi connectivity index (χ3v) is 18.7. The molecule has 0 radical (unpaired) electrons. The highest BCUT2D eigenvalue weighted by molar-refractivity contribution is 8.00. The number of rotatable bonds is 14. The molecule has 7 heterocycles. The minimum Gasteiger partial charge on any atom is -0.458 e. The fraction of sp³-hybridized carbons (Fsp3) is 0.722. The Balaban J connectivity index is 1.25. The Morgan fingerprint density at radius 1 is 0.936 bits per heavy atom. The number of Topliss-reactive ketones (excluding diaryl/α,β-unsaturated/α-hetero) is 1. The minimum absolute atomic E-state index is 0.0854. The zero-order chi connectivity index (χ0) is 57.5. The summed E-state index contributed by atoms with van der Waals surface area (Å²) in [6, 6.07) is -0.334. The number of hydrogen-bond acceptors (Lipinski definition) is 20. The normalized spacial score (nSPS) is 38.2. The molecule has 0 aromatic carbocycles. The second kappa shape index (κ2) is 24.7. The molecule has 5 N–H and O–H groups in total. The van der Waals surface area contributed by atoms with Gasteiger partial charge < -0.3 is 68.6 Å². The zero-order valence-corrected chi connectivity index (χ0v) is 49.4. The van der Waals surface area contributed by atoms with Crippen LogP contribution < -0.4 is 11.1 Å². The Kier molecular flexibility index (Phi) is 19.6. The Labute approximate surface area is 470 Å². The summed E-state index contributed by atoms with van der Waals surface area (Å²) in [4.78, 5) is 73.4. The van der Waals surface area contributed by atoms with E-state index < -0.39 is 119 Å². The molecule has 0 saturated carbocycles. The summed E-state index contributed by atoms with van der Waals surface area (Å²) in [6.45, 7) is 18.1. The molecular weight excluding hydrogens is 1070 g/mol. The molecule has 3 aromatic rings. The smallest absolute Gasteiger partial charge is 0.320 e. The van der Waals surface area contributed by atoms with Crippen LogP contribution in [0.3, 0.4) is 0 Å². The summed E-state index contributed by atoms with van der Waals surface area (Å²) >= 11 is 13.9. The lowest BCUT2D eigenvalue weighted by atomic mass is 9.70. The van der Waals surface area contributed by atoms with E-state index in [2.05, 4.69) is 20.3 Å². The number of likely N-dealkylation sites (N-methyl/N-ethyl adjacent to an activating group) is 1. The van der Waals surface area contributed by atoms with E-state index >= 15 is 9.59 Å². The molecule has 7 rings (SSSR count). The number of pyridine rings is 2. The summed E-state index contributed by atoms with van der Waals surface area (Å²) in [5.74, 6) is -5.96. The summed E-state index contributed by atoms with van der Waals surface area (Å²) in [6.07, 6.45) is -2.00. The molecule has 0 spiro atoms. The number of ether oxygens (including phenoxy) is 8. The number of aromatic nitrogens is 4. The number of halogens is 2. The molecular formula is C54H79Cl2N7O14S. The summed E-state index contributed by atoms with van der Waals surface area (Å²) in [7, 11) is 6.78. The number of ketones is 1. The van der Waals surface area contributed by atoms with Gasteiger partial charge in [-0.25, -0.2) is 9.97 Å². The predicted molar refractivity (Wildman–Crippen MR) is 293 cm³/mol. The maximum absolute atomic E-state index is 15.3. The first-order chi connectivity index (χ1) is 36.6. The van der Waals surface area contributed by atoms with E-state index in [1.165, 1.54) is 50.9 Å². The average molecular weight is 1150 g/mol. The van der Waals surface area contributed by atoms with Crippen molar-refractivity contribution in [2.24, 2.45) is 29.6 Å². The van der Waals surface area contributed by atoms with Crippen molar-refractivity contribution in [1.29, 1.82) is 0 Å². The third-order valence-electron chi connectivity index (χ3n) is 16.9. The molecule has 21 nitrogen and oxygen atoms in total. The van der Waals surface area contributed by atoms with Crippen LogP contribution in [0.25, 0.3) is 11.0 Å². The number of imidazole rings is 1. The van der Waals surface area contributed by atoms with Gasteiger partial charge in [0.05, 0.1) is 74.7 Å². The minimum atomic E-state index is -1.51. The van der Waals surface area contributed by atoms with E-state index in [0.29, 0.717) is 11.9 Å². The Hall–Kier alpha value is -3.78. The van der Waals surface area contributed by atoms with Gasteiger partial charge in [0.25, 0.3) is 5.91 Å². The van der Waals surface area contributed by atoms with Gasteiger partial charge >= 0.3 is 11.9 Å². The van der Waals surface area contributed by atoms with Crippen molar-refractivity contribution in [3.05, 3.63) is 40.5 Å². The number of nitrogens with zero attached hydrogens (tertiary/aromatic N) is 5. The highest BCUT2D eigenvalue weighted by Crippen LogP contribution is 2.50. The van der Waals surface area contributed by atoms with Crippen LogP contribution in [0.2, 0.25) is 10.0 Å². The molecule has 4 aliphatic rings. The maximum Gasteiger partial charge on any atom is 0.320 e. The van der Waals surface area contributed by atoms with Crippen LogP contribution >= 0.6 is 35.0 Å². The molecule has 0 aliphatic carbocycles. The SMILES string of the molecule is CC[C@H]1OC(=O)C(C)[C@@H](O[C@H]2CC(C)(OC)[C@@H](O)[C@H](C)O2)[C@H](C)[C@@H](O[C@@H]2O[C@H](C)C[C@H](N(C)C)[C@H]2O)[C@](C)(OC)C[C@@H](C)C(=O)C(C)[C@H]2C(SCCn3cnc4c(N)ncc(C(=O)Nc5c(Cl)cncc5Cl)c43)C(=O)O[C@@]21C. The van der Waals surface area contributed by atoms with Gasteiger partial charge in [-0.3, -0.25) is 24.2 Å². The predicted octanol–water partition coefficient (Wildman–Crippen LogP) is 6.34. The molecule has 4 unspecified atom stereocenters. The number of aliphatic hydroxyl groups is 2. The highest BCUT2D eigenvalue weighted by atomic mass is 35.5. The van der Waals surface area contributed by atoms with E-state index in [-0.39, 0.29) is 82.1 Å². The van der Waals surface area contributed by atoms with E-state index in [4.69, 9.17) is 66.8 Å². The van der Waals surface area contributed by atoms with Gasteiger partial charge in [-0.2, -0.15) is 0 Å². The second-order valence-electron chi connectivity index (χ2n) is 22.5. The van der Waals surface area contributed by atoms with Gasteiger partial charge in [-0.05, 0) is 74.9 Å². The third kappa shape index (κ3) is 12.2. The largest absolute Gasteiger partial charge is 0.458 e. The topological polar surface area (TPSA) is 267 Å². The molecule has 0 bridgehead atoms. The van der Waals surface area contributed by atoms with Crippen LogP contribution in [0.5, 0.6) is 0 Å². The molecule has 4 aliphatic heterocycles. The number of thioether (sulfide) groups is 1. The zero-order valence-electron chi connectivity index (χ0n) is 47.1. The first-order valence-electron chi connectivity index (χ1n) is 26.7. The van der Waals surface area contributed by atoms with Crippen LogP contribution in [0, 0.1) is 29.6 Å². The molecule has 4 fully saturated rings. The monoisotopic (exact) mass is 1150 g/mol. The van der Waals surface area contributed by atoms with Crippen LogP contribution in [0.4, 0.5) is 11.5 Å². The van der Waals surface area contributed by atoms with Crippen molar-refractivity contribution in [3.8, 4) is 0 Å². The molecule has 1 amide bonds. The lowest BCUT2D eigenvalue weighted by Gasteiger charge is -2.50. The van der Waals surface area contributed by atoms with Crippen molar-refractivity contribution < 1.29 is 67.3 Å². The standard InChI is InChI=1S/C54H79Cl2N7O14S/c1-15-35-54(10)37(44(50(69)77-54)78-17-16-63-24-60-39-40(63)31(21-59-47(39)57)48(67)61-38-32(55)22-58-23-33(38)56)27(4)41(64)25(2)19-53(9,71-14)46(76-51-42(65)34(62(11)12)18-26(3)72-51)28(5)43(29(6)49(68)74-35)75-36-20-52(8,70-13)45(66)30(7)73-36/h21-30,34-37,42-46,51,65-66H,15-20H2,1-14H3,(H2,57,59)(H,58,61,67)/t25-,26-,27?,28+,29?,30+,34+,35-,36+,37+,42-,43+,44?,45+,46-,51+,52?,53-,54-/m1/s1. The van der Waals surface area contributed by atoms with E-state index in [1.807, 2.05) is 53.6 Å². The van der Waals surface area contributed by atoms with Crippen molar-refractivity contribution in [1.82, 2.24) is 24.4 Å². The quantitative estimate of drug-likeness (QED) is 0.128. The lowest BCUT2D eigenvalue weighted by molar-refractivity contribution is -0.319. The number of esters is 2. The number of fused-ring (bicyclic) bond motifs is 2. The molecule has 434 valence electrons. The molecule has 78 heavy (non-hydrogen) atoms. The lowest BCUT2D eigenvalue weighted by Crippen LogP contribution is -2.61. The number of nitrogens with one attached hydrogen (secondary N) is 1. The molecule has 4 saturated heterocycles. The molecule has 3 aromatic heterocycles.